The van der Waals surface area contributed by atoms with Crippen LogP contribution in [0.1, 0.15) is 11.1 Å². The van der Waals surface area contributed by atoms with Gasteiger partial charge in [0.25, 0.3) is 0 Å². The highest BCUT2D eigenvalue weighted by molar-refractivity contribution is 5.38. The monoisotopic (exact) mass is 287 g/mol. The van der Waals surface area contributed by atoms with Crippen molar-refractivity contribution in [2.45, 2.75) is 19.1 Å². The standard InChI is InChI=1S/C17H18FNO2/c1-19-10-12-4-2-3-5-16(12)20-11-15-9-13-8-14(18)6-7-17(13)21-15/h2-8,15,19H,9-11H2,1H3. The van der Waals surface area contributed by atoms with Gasteiger partial charge in [0.15, 0.2) is 0 Å². The summed E-state index contributed by atoms with van der Waals surface area (Å²) in [5.74, 6) is 1.39. The Morgan fingerprint density at radius 3 is 3.00 bits per heavy atom. The third-order valence-electron chi connectivity index (χ3n) is 3.53. The fourth-order valence-corrected chi connectivity index (χ4v) is 2.55. The second-order valence-corrected chi connectivity index (χ2v) is 5.15. The molecule has 2 aromatic rings. The lowest BCUT2D eigenvalue weighted by Crippen LogP contribution is -2.23. The van der Waals surface area contributed by atoms with Crippen LogP contribution in [0.4, 0.5) is 4.39 Å². The largest absolute Gasteiger partial charge is 0.489 e. The summed E-state index contributed by atoms with van der Waals surface area (Å²) in [6.07, 6.45) is 0.617. The molecule has 0 amide bonds. The van der Waals surface area contributed by atoms with E-state index in [0.717, 1.165) is 29.2 Å². The van der Waals surface area contributed by atoms with Gasteiger partial charge < -0.3 is 14.8 Å². The molecule has 0 radical (unpaired) electrons. The Balaban J connectivity index is 1.62. The second kappa shape index (κ2) is 6.14. The summed E-state index contributed by atoms with van der Waals surface area (Å²) in [5.41, 5.74) is 2.02. The number of para-hydroxylation sites is 1. The first-order valence-corrected chi connectivity index (χ1v) is 7.06. The van der Waals surface area contributed by atoms with Gasteiger partial charge in [-0.05, 0) is 31.3 Å². The molecule has 0 aromatic heterocycles. The van der Waals surface area contributed by atoms with Gasteiger partial charge in [0, 0.05) is 24.1 Å². The summed E-state index contributed by atoms with van der Waals surface area (Å²) >= 11 is 0. The summed E-state index contributed by atoms with van der Waals surface area (Å²) in [6, 6.07) is 12.6. The van der Waals surface area contributed by atoms with Crippen LogP contribution in [0.15, 0.2) is 42.5 Å². The SMILES string of the molecule is CNCc1ccccc1OCC1Cc2cc(F)ccc2O1. The van der Waals surface area contributed by atoms with Gasteiger partial charge in [-0.3, -0.25) is 0 Å². The maximum absolute atomic E-state index is 13.2. The van der Waals surface area contributed by atoms with Gasteiger partial charge in [-0.2, -0.15) is 0 Å². The molecule has 3 rings (SSSR count). The normalized spacial score (nSPS) is 16.4. The van der Waals surface area contributed by atoms with Crippen LogP contribution in [-0.4, -0.2) is 19.8 Å². The number of rotatable bonds is 5. The van der Waals surface area contributed by atoms with Gasteiger partial charge >= 0.3 is 0 Å². The maximum atomic E-state index is 13.2. The van der Waals surface area contributed by atoms with Crippen LogP contribution in [0, 0.1) is 5.82 Å². The summed E-state index contributed by atoms with van der Waals surface area (Å²) in [7, 11) is 1.90. The molecule has 110 valence electrons. The fourth-order valence-electron chi connectivity index (χ4n) is 2.55. The van der Waals surface area contributed by atoms with Crippen LogP contribution in [-0.2, 0) is 13.0 Å². The molecule has 0 saturated carbocycles. The number of hydrogen-bond acceptors (Lipinski definition) is 3. The van der Waals surface area contributed by atoms with Crippen LogP contribution >= 0.6 is 0 Å². The van der Waals surface area contributed by atoms with Crippen molar-refractivity contribution in [3.05, 3.63) is 59.4 Å². The molecule has 1 aliphatic rings. The molecular weight excluding hydrogens is 269 g/mol. The van der Waals surface area contributed by atoms with Gasteiger partial charge in [0.05, 0.1) is 0 Å². The van der Waals surface area contributed by atoms with Gasteiger partial charge in [-0.1, -0.05) is 18.2 Å². The van der Waals surface area contributed by atoms with Crippen molar-refractivity contribution in [1.82, 2.24) is 5.32 Å². The van der Waals surface area contributed by atoms with E-state index in [1.807, 2.05) is 31.3 Å². The summed E-state index contributed by atoms with van der Waals surface area (Å²) in [4.78, 5) is 0. The molecule has 4 heteroatoms. The zero-order valence-electron chi connectivity index (χ0n) is 11.9. The number of ether oxygens (including phenoxy) is 2. The molecule has 0 aliphatic carbocycles. The van der Waals surface area contributed by atoms with E-state index in [-0.39, 0.29) is 11.9 Å². The van der Waals surface area contributed by atoms with E-state index in [2.05, 4.69) is 5.32 Å². The Morgan fingerprint density at radius 2 is 2.14 bits per heavy atom. The smallest absolute Gasteiger partial charge is 0.137 e. The van der Waals surface area contributed by atoms with Crippen molar-refractivity contribution in [3.8, 4) is 11.5 Å². The Kier molecular flexibility index (Phi) is 4.06. The molecule has 0 fully saturated rings. The average Bonchev–Trinajstić information content (AvgIpc) is 2.88. The van der Waals surface area contributed by atoms with Crippen molar-refractivity contribution < 1.29 is 13.9 Å². The molecule has 1 heterocycles. The molecule has 1 atom stereocenters. The van der Waals surface area contributed by atoms with E-state index in [0.29, 0.717) is 13.0 Å². The molecule has 1 N–H and O–H groups in total. The van der Waals surface area contributed by atoms with Crippen molar-refractivity contribution in [3.63, 3.8) is 0 Å². The first kappa shape index (κ1) is 13.9. The highest BCUT2D eigenvalue weighted by atomic mass is 19.1. The van der Waals surface area contributed by atoms with Crippen molar-refractivity contribution in [2.75, 3.05) is 13.7 Å². The molecular formula is C17H18FNO2. The van der Waals surface area contributed by atoms with Gasteiger partial charge in [0.2, 0.25) is 0 Å². The quantitative estimate of drug-likeness (QED) is 0.917. The van der Waals surface area contributed by atoms with Crippen molar-refractivity contribution in [1.29, 1.82) is 0 Å². The minimum absolute atomic E-state index is 0.0653. The summed E-state index contributed by atoms with van der Waals surface area (Å²) in [6.45, 7) is 1.21. The Labute approximate surface area is 123 Å². The number of halogens is 1. The zero-order valence-corrected chi connectivity index (χ0v) is 11.9. The molecule has 0 saturated heterocycles. The third-order valence-corrected chi connectivity index (χ3v) is 3.53. The molecule has 3 nitrogen and oxygen atoms in total. The molecule has 0 bridgehead atoms. The first-order valence-electron chi connectivity index (χ1n) is 7.06. The van der Waals surface area contributed by atoms with Crippen LogP contribution < -0.4 is 14.8 Å². The predicted molar refractivity (Wildman–Crippen MR) is 79.2 cm³/mol. The lowest BCUT2D eigenvalue weighted by atomic mass is 10.1. The van der Waals surface area contributed by atoms with Crippen molar-refractivity contribution >= 4 is 0 Å². The third kappa shape index (κ3) is 3.16. The Morgan fingerprint density at radius 1 is 1.29 bits per heavy atom. The summed E-state index contributed by atoms with van der Waals surface area (Å²) < 4.78 is 24.8. The predicted octanol–water partition coefficient (Wildman–Crippen LogP) is 2.93. The number of fused-ring (bicyclic) bond motifs is 1. The Bertz CT molecular complexity index is 630. The first-order chi connectivity index (χ1) is 10.3. The topological polar surface area (TPSA) is 30.5 Å². The molecule has 1 aliphatic heterocycles. The second-order valence-electron chi connectivity index (χ2n) is 5.15. The Hall–Kier alpha value is -2.07. The van der Waals surface area contributed by atoms with E-state index in [9.17, 15) is 4.39 Å². The van der Waals surface area contributed by atoms with Gasteiger partial charge in [0.1, 0.15) is 30.0 Å². The van der Waals surface area contributed by atoms with E-state index in [1.165, 1.54) is 12.1 Å². The van der Waals surface area contributed by atoms with E-state index in [4.69, 9.17) is 9.47 Å². The highest BCUT2D eigenvalue weighted by Crippen LogP contribution is 2.29. The highest BCUT2D eigenvalue weighted by Gasteiger charge is 2.24. The lowest BCUT2D eigenvalue weighted by molar-refractivity contribution is 0.147. The average molecular weight is 287 g/mol. The molecule has 2 aromatic carbocycles. The maximum Gasteiger partial charge on any atom is 0.137 e. The van der Waals surface area contributed by atoms with Gasteiger partial charge in [-0.15, -0.1) is 0 Å². The van der Waals surface area contributed by atoms with E-state index < -0.39 is 0 Å². The number of benzene rings is 2. The van der Waals surface area contributed by atoms with Crippen LogP contribution in [0.3, 0.4) is 0 Å². The van der Waals surface area contributed by atoms with Crippen LogP contribution in [0.2, 0.25) is 0 Å². The number of hydrogen-bond donors (Lipinski definition) is 1. The minimum atomic E-state index is -0.224. The van der Waals surface area contributed by atoms with E-state index in [1.54, 1.807) is 6.07 Å². The van der Waals surface area contributed by atoms with E-state index >= 15 is 0 Å². The van der Waals surface area contributed by atoms with Crippen LogP contribution in [0.25, 0.3) is 0 Å². The van der Waals surface area contributed by atoms with Crippen LogP contribution in [0.5, 0.6) is 11.5 Å². The minimum Gasteiger partial charge on any atom is -0.489 e. The summed E-state index contributed by atoms with van der Waals surface area (Å²) in [5, 5.41) is 3.12. The fraction of sp³-hybridized carbons (Fsp3) is 0.294. The molecule has 1 unspecified atom stereocenters. The molecule has 21 heavy (non-hydrogen) atoms. The molecule has 0 spiro atoms. The number of nitrogens with one attached hydrogen (secondary N) is 1. The van der Waals surface area contributed by atoms with Crippen molar-refractivity contribution in [2.24, 2.45) is 0 Å². The van der Waals surface area contributed by atoms with Gasteiger partial charge in [-0.25, -0.2) is 4.39 Å². The zero-order chi connectivity index (χ0) is 14.7. The lowest BCUT2D eigenvalue weighted by Gasteiger charge is -2.15.